The number of methoxy groups -OCH3 is 2. The van der Waals surface area contributed by atoms with Crippen LogP contribution in [-0.2, 0) is 11.3 Å². The van der Waals surface area contributed by atoms with Crippen molar-refractivity contribution in [3.05, 3.63) is 34.6 Å². The van der Waals surface area contributed by atoms with Crippen LogP contribution in [0.25, 0.3) is 0 Å². The summed E-state index contributed by atoms with van der Waals surface area (Å²) in [6, 6.07) is 4.68. The molecule has 3 amide bonds. The van der Waals surface area contributed by atoms with Crippen molar-refractivity contribution < 1.29 is 23.9 Å². The lowest BCUT2D eigenvalue weighted by Gasteiger charge is -2.43. The van der Waals surface area contributed by atoms with Gasteiger partial charge in [-0.15, -0.1) is 0 Å². The molecule has 1 aliphatic heterocycles. The van der Waals surface area contributed by atoms with E-state index in [4.69, 9.17) is 21.1 Å². The first-order valence-electron chi connectivity index (χ1n) is 12.7. The minimum atomic E-state index is -1.12. The number of nitrogens with zero attached hydrogens (tertiary/aromatic N) is 3. The molecule has 10 nitrogen and oxygen atoms in total. The van der Waals surface area contributed by atoms with Crippen LogP contribution in [0.2, 0.25) is 5.02 Å². The van der Waals surface area contributed by atoms with Gasteiger partial charge in [0.15, 0.2) is 5.69 Å². The Bertz CT molecular complexity index is 1190. The van der Waals surface area contributed by atoms with Crippen molar-refractivity contribution in [1.82, 2.24) is 20.0 Å². The van der Waals surface area contributed by atoms with Crippen LogP contribution in [0.1, 0.15) is 73.3 Å². The second-order valence-corrected chi connectivity index (χ2v) is 10.2. The Labute approximate surface area is 221 Å². The molecule has 0 saturated heterocycles. The van der Waals surface area contributed by atoms with Gasteiger partial charge >= 0.3 is 0 Å². The van der Waals surface area contributed by atoms with Gasteiger partial charge in [0.2, 0.25) is 5.91 Å². The molecule has 1 saturated carbocycles. The van der Waals surface area contributed by atoms with E-state index in [1.807, 2.05) is 6.92 Å². The molecule has 11 heteroatoms. The van der Waals surface area contributed by atoms with Gasteiger partial charge in [0.1, 0.15) is 22.7 Å². The molecule has 0 spiro atoms. The van der Waals surface area contributed by atoms with E-state index in [1.54, 1.807) is 17.9 Å². The van der Waals surface area contributed by atoms with Crippen molar-refractivity contribution in [3.8, 4) is 11.5 Å². The van der Waals surface area contributed by atoms with Crippen LogP contribution in [-0.4, -0.2) is 64.7 Å². The molecule has 1 aliphatic carbocycles. The van der Waals surface area contributed by atoms with Gasteiger partial charge in [0.05, 0.1) is 31.5 Å². The fourth-order valence-electron chi connectivity index (χ4n) is 4.97. The van der Waals surface area contributed by atoms with Crippen LogP contribution in [0.5, 0.6) is 11.5 Å². The monoisotopic (exact) mass is 531 g/mol. The molecular weight excluding hydrogens is 498 g/mol. The number of halogens is 1. The smallest absolute Gasteiger partial charge is 0.276 e. The second-order valence-electron chi connectivity index (χ2n) is 9.75. The highest BCUT2D eigenvalue weighted by molar-refractivity contribution is 6.32. The van der Waals surface area contributed by atoms with E-state index in [-0.39, 0.29) is 35.8 Å². The van der Waals surface area contributed by atoms with Crippen molar-refractivity contribution in [2.45, 2.75) is 70.5 Å². The van der Waals surface area contributed by atoms with Gasteiger partial charge in [-0.1, -0.05) is 37.8 Å². The molecule has 2 aliphatic rings. The fourth-order valence-corrected chi connectivity index (χ4v) is 5.21. The molecular formula is C26H34ClN5O5. The first-order chi connectivity index (χ1) is 17.7. The minimum absolute atomic E-state index is 0.0493. The SMILES string of the molecule is CCCCN1C(=O)c2cc(C(=O)Nc3cc(Cl)c(OC)cc3OC)nn2CC1(C)C(=O)NC1CCCC1. The lowest BCUT2D eigenvalue weighted by atomic mass is 9.94. The summed E-state index contributed by atoms with van der Waals surface area (Å²) in [7, 11) is 2.95. The van der Waals surface area contributed by atoms with E-state index < -0.39 is 11.4 Å². The third-order valence-corrected chi connectivity index (χ3v) is 7.46. The number of amides is 3. The summed E-state index contributed by atoms with van der Waals surface area (Å²) < 4.78 is 12.0. The van der Waals surface area contributed by atoms with E-state index >= 15 is 0 Å². The predicted molar refractivity (Wildman–Crippen MR) is 139 cm³/mol. The molecule has 0 radical (unpaired) electrons. The van der Waals surface area contributed by atoms with Gasteiger partial charge in [0, 0.05) is 24.7 Å². The largest absolute Gasteiger partial charge is 0.495 e. The average molecular weight is 532 g/mol. The Hall–Kier alpha value is -3.27. The van der Waals surface area contributed by atoms with E-state index in [0.29, 0.717) is 28.8 Å². The van der Waals surface area contributed by atoms with E-state index in [9.17, 15) is 14.4 Å². The number of carbonyl (C=O) groups excluding carboxylic acids is 3. The number of nitrogens with one attached hydrogen (secondary N) is 2. The van der Waals surface area contributed by atoms with E-state index in [1.165, 1.54) is 31.0 Å². The summed E-state index contributed by atoms with van der Waals surface area (Å²) >= 11 is 6.23. The summed E-state index contributed by atoms with van der Waals surface area (Å²) in [5, 5.41) is 10.6. The predicted octanol–water partition coefficient (Wildman–Crippen LogP) is 3.88. The summed E-state index contributed by atoms with van der Waals surface area (Å²) in [5.41, 5.74) is -0.463. The molecule has 37 heavy (non-hydrogen) atoms. The maximum atomic E-state index is 13.6. The number of hydrogen-bond donors (Lipinski definition) is 2. The highest BCUT2D eigenvalue weighted by Crippen LogP contribution is 2.36. The highest BCUT2D eigenvalue weighted by Gasteiger charge is 2.48. The van der Waals surface area contributed by atoms with Gasteiger partial charge < -0.3 is 25.0 Å². The zero-order chi connectivity index (χ0) is 26.7. The molecule has 0 bridgehead atoms. The molecule has 1 atom stereocenters. The van der Waals surface area contributed by atoms with E-state index in [2.05, 4.69) is 15.7 Å². The first-order valence-corrected chi connectivity index (χ1v) is 13.0. The third kappa shape index (κ3) is 5.25. The van der Waals surface area contributed by atoms with Crippen LogP contribution in [0.4, 0.5) is 5.69 Å². The topological polar surface area (TPSA) is 115 Å². The van der Waals surface area contributed by atoms with E-state index in [0.717, 1.165) is 38.5 Å². The molecule has 1 fully saturated rings. The van der Waals surface area contributed by atoms with Gasteiger partial charge in [-0.3, -0.25) is 19.1 Å². The second kappa shape index (κ2) is 11.0. The fraction of sp³-hybridized carbons (Fsp3) is 0.538. The Morgan fingerprint density at radius 3 is 2.51 bits per heavy atom. The molecule has 2 N–H and O–H groups in total. The van der Waals surface area contributed by atoms with Crippen LogP contribution >= 0.6 is 11.6 Å². The van der Waals surface area contributed by atoms with Crippen LogP contribution in [0, 0.1) is 0 Å². The molecule has 2 aromatic rings. The van der Waals surface area contributed by atoms with Crippen LogP contribution < -0.4 is 20.1 Å². The number of hydrogen-bond acceptors (Lipinski definition) is 6. The lowest BCUT2D eigenvalue weighted by molar-refractivity contribution is -0.133. The highest BCUT2D eigenvalue weighted by atomic mass is 35.5. The first kappa shape index (κ1) is 26.8. The Kier molecular flexibility index (Phi) is 7.96. The summed E-state index contributed by atoms with van der Waals surface area (Å²) in [4.78, 5) is 41.8. The molecule has 2 heterocycles. The summed E-state index contributed by atoms with van der Waals surface area (Å²) in [6.07, 6.45) is 5.71. The maximum Gasteiger partial charge on any atom is 0.276 e. The molecule has 4 rings (SSSR count). The Balaban J connectivity index is 1.61. The molecule has 1 unspecified atom stereocenters. The molecule has 1 aromatic carbocycles. The minimum Gasteiger partial charge on any atom is -0.495 e. The van der Waals surface area contributed by atoms with Crippen molar-refractivity contribution in [2.75, 3.05) is 26.1 Å². The van der Waals surface area contributed by atoms with Crippen molar-refractivity contribution in [2.24, 2.45) is 0 Å². The summed E-state index contributed by atoms with van der Waals surface area (Å²) in [5.74, 6) is -0.279. The van der Waals surface area contributed by atoms with Crippen molar-refractivity contribution >= 4 is 35.0 Å². The molecule has 200 valence electrons. The van der Waals surface area contributed by atoms with Crippen molar-refractivity contribution in [3.63, 3.8) is 0 Å². The number of fused-ring (bicyclic) bond motifs is 1. The van der Waals surface area contributed by atoms with Gasteiger partial charge in [-0.25, -0.2) is 0 Å². The van der Waals surface area contributed by atoms with Crippen LogP contribution in [0.15, 0.2) is 18.2 Å². The number of ether oxygens (including phenoxy) is 2. The Morgan fingerprint density at radius 2 is 1.86 bits per heavy atom. The van der Waals surface area contributed by atoms with Crippen molar-refractivity contribution in [1.29, 1.82) is 0 Å². The quantitative estimate of drug-likeness (QED) is 0.507. The third-order valence-electron chi connectivity index (χ3n) is 7.17. The Morgan fingerprint density at radius 1 is 1.16 bits per heavy atom. The zero-order valence-corrected chi connectivity index (χ0v) is 22.5. The maximum absolute atomic E-state index is 13.6. The van der Waals surface area contributed by atoms with Gasteiger partial charge in [-0.05, 0) is 32.3 Å². The normalized spacial score (nSPS) is 19.5. The molecule has 1 aromatic heterocycles. The number of rotatable bonds is 9. The number of unbranched alkanes of at least 4 members (excludes halogenated alkanes) is 1. The average Bonchev–Trinajstić information content (AvgIpc) is 3.54. The zero-order valence-electron chi connectivity index (χ0n) is 21.7. The van der Waals surface area contributed by atoms with Gasteiger partial charge in [-0.2, -0.15) is 5.10 Å². The van der Waals surface area contributed by atoms with Crippen LogP contribution in [0.3, 0.4) is 0 Å². The summed E-state index contributed by atoms with van der Waals surface area (Å²) in [6.45, 7) is 4.41. The standard InChI is InChI=1S/C26H34ClN5O5/c1-5-6-11-31-24(34)20-13-19(23(33)29-18-12-17(27)21(36-3)14-22(18)37-4)30-32(20)15-26(31,2)25(35)28-16-9-7-8-10-16/h12-14,16H,5-11,15H2,1-4H3,(H,28,35)(H,29,33). The number of benzene rings is 1. The number of carbonyl (C=O) groups is 3. The van der Waals surface area contributed by atoms with Gasteiger partial charge in [0.25, 0.3) is 11.8 Å². The lowest BCUT2D eigenvalue weighted by Crippen LogP contribution is -2.65. The number of aromatic nitrogens is 2. The number of anilines is 1.